The molecule has 1 aromatic carbocycles. The molecule has 0 bridgehead atoms. The molecular weight excluding hydrogens is 378 g/mol. The standard InChI is InChI=1S/C19H21N5OS2/c1-12-10-13(2)24-18(20-12)21-22-19(24)26-11-17(25)23-9-8-14(3)27-16-7-5-4-6-15(16)23/h4-7,10,14H,8-9,11H2,1-3H3/t14-/m0/s1. The third-order valence-corrected chi connectivity index (χ3v) is 6.68. The first kappa shape index (κ1) is 18.3. The minimum atomic E-state index is 0.0941. The van der Waals surface area contributed by atoms with Gasteiger partial charge in [0.05, 0.1) is 11.4 Å². The minimum absolute atomic E-state index is 0.0941. The Balaban J connectivity index is 1.55. The van der Waals surface area contributed by atoms with Crippen LogP contribution in [0.3, 0.4) is 0 Å². The zero-order valence-corrected chi connectivity index (χ0v) is 17.2. The molecule has 1 atom stereocenters. The van der Waals surface area contributed by atoms with E-state index in [-0.39, 0.29) is 5.91 Å². The van der Waals surface area contributed by atoms with Crippen LogP contribution in [-0.4, -0.2) is 43.0 Å². The number of aryl methyl sites for hydroxylation is 2. The van der Waals surface area contributed by atoms with E-state index in [0.29, 0.717) is 21.9 Å². The van der Waals surface area contributed by atoms with Crippen LogP contribution in [0, 0.1) is 13.8 Å². The molecule has 140 valence electrons. The van der Waals surface area contributed by atoms with Crippen LogP contribution in [0.2, 0.25) is 0 Å². The second-order valence-electron chi connectivity index (χ2n) is 6.68. The van der Waals surface area contributed by atoms with E-state index in [9.17, 15) is 4.79 Å². The van der Waals surface area contributed by atoms with Gasteiger partial charge in [0.25, 0.3) is 5.78 Å². The molecule has 1 aliphatic rings. The van der Waals surface area contributed by atoms with Gasteiger partial charge in [0.1, 0.15) is 0 Å². The van der Waals surface area contributed by atoms with Gasteiger partial charge in [-0.1, -0.05) is 30.8 Å². The Labute approximate surface area is 166 Å². The monoisotopic (exact) mass is 399 g/mol. The lowest BCUT2D eigenvalue weighted by molar-refractivity contribution is -0.116. The van der Waals surface area contributed by atoms with E-state index in [1.165, 1.54) is 16.7 Å². The summed E-state index contributed by atoms with van der Waals surface area (Å²) < 4.78 is 1.90. The van der Waals surface area contributed by atoms with Gasteiger partial charge in [0.2, 0.25) is 5.91 Å². The Hall–Kier alpha value is -2.06. The quantitative estimate of drug-likeness (QED) is 0.625. The third kappa shape index (κ3) is 3.68. The van der Waals surface area contributed by atoms with E-state index in [1.807, 2.05) is 59.2 Å². The normalized spacial score (nSPS) is 17.0. The maximum atomic E-state index is 13.0. The molecule has 3 aromatic rings. The molecule has 0 unspecified atom stereocenters. The Bertz CT molecular complexity index is 1000. The molecule has 0 radical (unpaired) electrons. The summed E-state index contributed by atoms with van der Waals surface area (Å²) in [5, 5.41) is 9.57. The fourth-order valence-electron chi connectivity index (χ4n) is 3.24. The lowest BCUT2D eigenvalue weighted by atomic mass is 10.2. The zero-order chi connectivity index (χ0) is 19.0. The highest BCUT2D eigenvalue weighted by atomic mass is 32.2. The van der Waals surface area contributed by atoms with E-state index in [1.54, 1.807) is 0 Å². The smallest absolute Gasteiger partial charge is 0.256 e. The molecule has 27 heavy (non-hydrogen) atoms. The van der Waals surface area contributed by atoms with Crippen LogP contribution in [0.15, 0.2) is 40.4 Å². The summed E-state index contributed by atoms with van der Waals surface area (Å²) >= 11 is 3.25. The Morgan fingerprint density at radius 3 is 2.96 bits per heavy atom. The summed E-state index contributed by atoms with van der Waals surface area (Å²) in [7, 11) is 0. The van der Waals surface area contributed by atoms with Crippen molar-refractivity contribution in [2.24, 2.45) is 0 Å². The van der Waals surface area contributed by atoms with Crippen LogP contribution < -0.4 is 4.90 Å². The van der Waals surface area contributed by atoms with Gasteiger partial charge >= 0.3 is 0 Å². The van der Waals surface area contributed by atoms with Gasteiger partial charge in [-0.25, -0.2) is 4.98 Å². The summed E-state index contributed by atoms with van der Waals surface area (Å²) in [5.74, 6) is 0.992. The molecule has 1 amide bonds. The van der Waals surface area contributed by atoms with E-state index in [2.05, 4.69) is 28.2 Å². The molecule has 0 N–H and O–H groups in total. The van der Waals surface area contributed by atoms with Crippen LogP contribution in [-0.2, 0) is 4.79 Å². The lowest BCUT2D eigenvalue weighted by Gasteiger charge is -2.22. The van der Waals surface area contributed by atoms with Crippen LogP contribution in [0.4, 0.5) is 5.69 Å². The first-order valence-electron chi connectivity index (χ1n) is 8.91. The van der Waals surface area contributed by atoms with Crippen LogP contribution in [0.25, 0.3) is 5.78 Å². The highest BCUT2D eigenvalue weighted by molar-refractivity contribution is 8.00. The van der Waals surface area contributed by atoms with E-state index in [4.69, 9.17) is 0 Å². The number of amides is 1. The second kappa shape index (κ2) is 7.52. The molecule has 0 spiro atoms. The predicted octanol–water partition coefficient (Wildman–Crippen LogP) is 3.75. The van der Waals surface area contributed by atoms with Gasteiger partial charge in [-0.15, -0.1) is 22.0 Å². The molecule has 0 saturated heterocycles. The number of carbonyl (C=O) groups is 1. The zero-order valence-electron chi connectivity index (χ0n) is 15.5. The molecule has 0 fully saturated rings. The fraction of sp³-hybridized carbons (Fsp3) is 0.368. The highest BCUT2D eigenvalue weighted by Gasteiger charge is 2.24. The molecule has 0 aliphatic carbocycles. The molecular formula is C19H21N5OS2. The van der Waals surface area contributed by atoms with Gasteiger partial charge in [-0.05, 0) is 38.5 Å². The second-order valence-corrected chi connectivity index (χ2v) is 9.10. The van der Waals surface area contributed by atoms with Gasteiger partial charge in [0, 0.05) is 28.1 Å². The van der Waals surface area contributed by atoms with E-state index in [0.717, 1.165) is 30.0 Å². The number of benzene rings is 1. The first-order chi connectivity index (χ1) is 13.0. The average molecular weight is 400 g/mol. The predicted molar refractivity (Wildman–Crippen MR) is 110 cm³/mol. The van der Waals surface area contributed by atoms with E-state index >= 15 is 0 Å². The van der Waals surface area contributed by atoms with Crippen molar-refractivity contribution in [1.29, 1.82) is 0 Å². The van der Waals surface area contributed by atoms with Crippen molar-refractivity contribution in [1.82, 2.24) is 19.6 Å². The molecule has 8 heteroatoms. The Morgan fingerprint density at radius 2 is 2.11 bits per heavy atom. The first-order valence-corrected chi connectivity index (χ1v) is 10.8. The van der Waals surface area contributed by atoms with Crippen molar-refractivity contribution in [3.63, 3.8) is 0 Å². The number of hydrogen-bond donors (Lipinski definition) is 0. The Kier molecular flexibility index (Phi) is 5.10. The number of thioether (sulfide) groups is 2. The lowest BCUT2D eigenvalue weighted by Crippen LogP contribution is -2.33. The summed E-state index contributed by atoms with van der Waals surface area (Å²) in [6.45, 7) is 6.89. The molecule has 1 aliphatic heterocycles. The molecule has 6 nitrogen and oxygen atoms in total. The summed E-state index contributed by atoms with van der Waals surface area (Å²) in [4.78, 5) is 20.5. The van der Waals surface area contributed by atoms with E-state index < -0.39 is 0 Å². The Morgan fingerprint density at radius 1 is 1.30 bits per heavy atom. The van der Waals surface area contributed by atoms with Crippen LogP contribution in [0.5, 0.6) is 0 Å². The fourth-order valence-corrected chi connectivity index (χ4v) is 5.22. The van der Waals surface area contributed by atoms with Crippen molar-refractivity contribution in [3.05, 3.63) is 41.7 Å². The molecule has 3 heterocycles. The van der Waals surface area contributed by atoms with Crippen molar-refractivity contribution >= 4 is 40.9 Å². The third-order valence-electron chi connectivity index (χ3n) is 4.53. The van der Waals surface area contributed by atoms with Crippen molar-refractivity contribution in [2.75, 3.05) is 17.2 Å². The number of aromatic nitrogens is 4. The number of rotatable bonds is 3. The summed E-state index contributed by atoms with van der Waals surface area (Å²) in [5.41, 5.74) is 2.94. The average Bonchev–Trinajstić information content (AvgIpc) is 2.95. The molecule has 0 saturated carbocycles. The molecule has 4 rings (SSSR count). The maximum absolute atomic E-state index is 13.0. The number of para-hydroxylation sites is 1. The van der Waals surface area contributed by atoms with Crippen molar-refractivity contribution < 1.29 is 4.79 Å². The number of nitrogens with zero attached hydrogens (tertiary/aromatic N) is 5. The number of fused-ring (bicyclic) bond motifs is 2. The summed E-state index contributed by atoms with van der Waals surface area (Å²) in [6.07, 6.45) is 0.978. The van der Waals surface area contributed by atoms with Gasteiger partial charge < -0.3 is 4.90 Å². The van der Waals surface area contributed by atoms with Gasteiger partial charge in [0.15, 0.2) is 5.16 Å². The van der Waals surface area contributed by atoms with Crippen LogP contribution >= 0.6 is 23.5 Å². The van der Waals surface area contributed by atoms with Crippen molar-refractivity contribution in [2.45, 2.75) is 42.5 Å². The SMILES string of the molecule is Cc1cc(C)n2c(SCC(=O)N3CC[C@H](C)Sc4ccccc43)nnc2n1. The largest absolute Gasteiger partial charge is 0.311 e. The highest BCUT2D eigenvalue weighted by Crippen LogP contribution is 2.37. The van der Waals surface area contributed by atoms with Gasteiger partial charge in [-0.3, -0.25) is 9.20 Å². The number of anilines is 1. The summed E-state index contributed by atoms with van der Waals surface area (Å²) in [6, 6.07) is 10.1. The molecule has 2 aromatic heterocycles. The van der Waals surface area contributed by atoms with Crippen molar-refractivity contribution in [3.8, 4) is 0 Å². The topological polar surface area (TPSA) is 63.4 Å². The number of hydrogen-bond acceptors (Lipinski definition) is 6. The van der Waals surface area contributed by atoms with Gasteiger partial charge in [-0.2, -0.15) is 0 Å². The number of carbonyl (C=O) groups excluding carboxylic acids is 1. The minimum Gasteiger partial charge on any atom is -0.311 e. The maximum Gasteiger partial charge on any atom is 0.256 e. The van der Waals surface area contributed by atoms with Crippen LogP contribution in [0.1, 0.15) is 24.7 Å².